The standard InChI is InChI=1S/C15H29N3/c1-6-7-8-9-18-14(5)15(13(4)17-18)11-16-10-12(2)3/h12,16H,6-11H2,1-5H3. The molecule has 0 saturated heterocycles. The van der Waals surface area contributed by atoms with Crippen LogP contribution in [0, 0.1) is 19.8 Å². The van der Waals surface area contributed by atoms with Gasteiger partial charge in [-0.1, -0.05) is 33.6 Å². The van der Waals surface area contributed by atoms with Gasteiger partial charge in [0.2, 0.25) is 0 Å². The summed E-state index contributed by atoms with van der Waals surface area (Å²) in [6, 6.07) is 0. The molecular weight excluding hydrogens is 222 g/mol. The van der Waals surface area contributed by atoms with E-state index in [1.165, 1.54) is 36.2 Å². The van der Waals surface area contributed by atoms with Crippen LogP contribution in [0.4, 0.5) is 0 Å². The van der Waals surface area contributed by atoms with E-state index in [1.807, 2.05) is 0 Å². The van der Waals surface area contributed by atoms with Crippen molar-refractivity contribution in [1.29, 1.82) is 0 Å². The van der Waals surface area contributed by atoms with Gasteiger partial charge < -0.3 is 5.32 Å². The monoisotopic (exact) mass is 251 g/mol. The highest BCUT2D eigenvalue weighted by Crippen LogP contribution is 2.14. The van der Waals surface area contributed by atoms with Gasteiger partial charge in [0.05, 0.1) is 5.69 Å². The highest BCUT2D eigenvalue weighted by atomic mass is 15.3. The third kappa shape index (κ3) is 4.45. The quantitative estimate of drug-likeness (QED) is 0.717. The van der Waals surface area contributed by atoms with Crippen LogP contribution in [0.1, 0.15) is 57.0 Å². The van der Waals surface area contributed by atoms with Gasteiger partial charge >= 0.3 is 0 Å². The van der Waals surface area contributed by atoms with Crippen molar-refractivity contribution in [1.82, 2.24) is 15.1 Å². The summed E-state index contributed by atoms with van der Waals surface area (Å²) in [5.41, 5.74) is 3.90. The maximum absolute atomic E-state index is 4.66. The number of hydrogen-bond acceptors (Lipinski definition) is 2. The van der Waals surface area contributed by atoms with E-state index in [0.29, 0.717) is 5.92 Å². The molecule has 1 aromatic heterocycles. The summed E-state index contributed by atoms with van der Waals surface area (Å²) < 4.78 is 2.18. The molecule has 3 nitrogen and oxygen atoms in total. The van der Waals surface area contributed by atoms with Gasteiger partial charge in [0.1, 0.15) is 0 Å². The summed E-state index contributed by atoms with van der Waals surface area (Å²) in [7, 11) is 0. The molecule has 104 valence electrons. The Labute approximate surface area is 112 Å². The van der Waals surface area contributed by atoms with Crippen LogP contribution in [0.3, 0.4) is 0 Å². The molecule has 0 unspecified atom stereocenters. The lowest BCUT2D eigenvalue weighted by atomic mass is 10.1. The zero-order valence-electron chi connectivity index (χ0n) is 12.7. The minimum Gasteiger partial charge on any atom is -0.312 e. The first-order valence-electron chi connectivity index (χ1n) is 7.29. The summed E-state index contributed by atoms with van der Waals surface area (Å²) in [4.78, 5) is 0. The second-order valence-electron chi connectivity index (χ2n) is 5.60. The Bertz CT molecular complexity index is 353. The smallest absolute Gasteiger partial charge is 0.0641 e. The van der Waals surface area contributed by atoms with Gasteiger partial charge in [-0.05, 0) is 32.7 Å². The largest absolute Gasteiger partial charge is 0.312 e. The predicted molar refractivity (Wildman–Crippen MR) is 77.8 cm³/mol. The molecule has 1 aromatic rings. The molecule has 0 aliphatic carbocycles. The van der Waals surface area contributed by atoms with E-state index < -0.39 is 0 Å². The normalized spacial score (nSPS) is 11.4. The molecule has 1 N–H and O–H groups in total. The molecule has 0 aliphatic heterocycles. The van der Waals surface area contributed by atoms with Crippen molar-refractivity contribution < 1.29 is 0 Å². The fraction of sp³-hybridized carbons (Fsp3) is 0.800. The van der Waals surface area contributed by atoms with E-state index in [-0.39, 0.29) is 0 Å². The van der Waals surface area contributed by atoms with Crippen molar-refractivity contribution in [2.75, 3.05) is 6.54 Å². The van der Waals surface area contributed by atoms with Crippen LogP contribution in [0.25, 0.3) is 0 Å². The topological polar surface area (TPSA) is 29.9 Å². The molecule has 0 saturated carbocycles. The highest BCUT2D eigenvalue weighted by Gasteiger charge is 2.10. The lowest BCUT2D eigenvalue weighted by Crippen LogP contribution is -2.19. The third-order valence-electron chi connectivity index (χ3n) is 3.36. The van der Waals surface area contributed by atoms with Crippen LogP contribution in [-0.4, -0.2) is 16.3 Å². The summed E-state index contributed by atoms with van der Waals surface area (Å²) in [5.74, 6) is 0.699. The number of aryl methyl sites for hydroxylation is 2. The number of nitrogens with one attached hydrogen (secondary N) is 1. The third-order valence-corrected chi connectivity index (χ3v) is 3.36. The first kappa shape index (κ1) is 15.2. The van der Waals surface area contributed by atoms with Gasteiger partial charge in [-0.15, -0.1) is 0 Å². The van der Waals surface area contributed by atoms with Gasteiger partial charge in [0.25, 0.3) is 0 Å². The molecule has 0 bridgehead atoms. The first-order valence-corrected chi connectivity index (χ1v) is 7.29. The molecule has 1 heterocycles. The summed E-state index contributed by atoms with van der Waals surface area (Å²) >= 11 is 0. The first-order chi connectivity index (χ1) is 8.56. The zero-order valence-corrected chi connectivity index (χ0v) is 12.7. The molecular formula is C15H29N3. The molecule has 0 spiro atoms. The average molecular weight is 251 g/mol. The Kier molecular flexibility index (Phi) is 6.41. The zero-order chi connectivity index (χ0) is 13.5. The lowest BCUT2D eigenvalue weighted by Gasteiger charge is -2.08. The van der Waals surface area contributed by atoms with Crippen LogP contribution < -0.4 is 5.32 Å². The molecule has 0 atom stereocenters. The van der Waals surface area contributed by atoms with Crippen molar-refractivity contribution in [2.45, 2.75) is 67.0 Å². The van der Waals surface area contributed by atoms with Crippen molar-refractivity contribution in [3.05, 3.63) is 17.0 Å². The fourth-order valence-corrected chi connectivity index (χ4v) is 2.20. The number of unbranched alkanes of at least 4 members (excludes halogenated alkanes) is 2. The number of rotatable bonds is 8. The van der Waals surface area contributed by atoms with Crippen LogP contribution >= 0.6 is 0 Å². The minimum absolute atomic E-state index is 0.699. The molecule has 18 heavy (non-hydrogen) atoms. The Morgan fingerprint density at radius 2 is 1.94 bits per heavy atom. The van der Waals surface area contributed by atoms with E-state index in [4.69, 9.17) is 0 Å². The molecule has 0 aliphatic rings. The predicted octanol–water partition coefficient (Wildman–Crippen LogP) is 3.44. The Morgan fingerprint density at radius 3 is 2.56 bits per heavy atom. The van der Waals surface area contributed by atoms with E-state index in [0.717, 1.165) is 19.6 Å². The van der Waals surface area contributed by atoms with Gasteiger partial charge in [-0.25, -0.2) is 0 Å². The maximum atomic E-state index is 4.66. The van der Waals surface area contributed by atoms with Gasteiger partial charge in [0.15, 0.2) is 0 Å². The number of hydrogen-bond donors (Lipinski definition) is 1. The van der Waals surface area contributed by atoms with E-state index in [1.54, 1.807) is 0 Å². The Balaban J connectivity index is 2.57. The molecule has 0 amide bonds. The molecule has 0 fully saturated rings. The van der Waals surface area contributed by atoms with Crippen molar-refractivity contribution in [2.24, 2.45) is 5.92 Å². The molecule has 0 radical (unpaired) electrons. The van der Waals surface area contributed by atoms with E-state index >= 15 is 0 Å². The fourth-order valence-electron chi connectivity index (χ4n) is 2.20. The number of aromatic nitrogens is 2. The van der Waals surface area contributed by atoms with Crippen LogP contribution in [-0.2, 0) is 13.1 Å². The Hall–Kier alpha value is -0.830. The van der Waals surface area contributed by atoms with Gasteiger partial charge in [-0.3, -0.25) is 4.68 Å². The van der Waals surface area contributed by atoms with Crippen LogP contribution in [0.5, 0.6) is 0 Å². The summed E-state index contributed by atoms with van der Waals surface area (Å²) in [6.45, 7) is 14.1. The maximum Gasteiger partial charge on any atom is 0.0641 e. The van der Waals surface area contributed by atoms with Crippen LogP contribution in [0.15, 0.2) is 0 Å². The number of nitrogens with zero attached hydrogens (tertiary/aromatic N) is 2. The van der Waals surface area contributed by atoms with E-state index in [2.05, 4.69) is 49.7 Å². The Morgan fingerprint density at radius 1 is 1.22 bits per heavy atom. The summed E-state index contributed by atoms with van der Waals surface area (Å²) in [5, 5.41) is 8.17. The van der Waals surface area contributed by atoms with Crippen molar-refractivity contribution >= 4 is 0 Å². The molecule has 3 heteroatoms. The minimum atomic E-state index is 0.699. The summed E-state index contributed by atoms with van der Waals surface area (Å²) in [6.07, 6.45) is 3.79. The van der Waals surface area contributed by atoms with Crippen LogP contribution in [0.2, 0.25) is 0 Å². The second kappa shape index (κ2) is 7.57. The molecule has 1 rings (SSSR count). The lowest BCUT2D eigenvalue weighted by molar-refractivity contribution is 0.535. The second-order valence-corrected chi connectivity index (χ2v) is 5.60. The SMILES string of the molecule is CCCCCn1nc(C)c(CNCC(C)C)c1C. The van der Waals surface area contributed by atoms with E-state index in [9.17, 15) is 0 Å². The van der Waals surface area contributed by atoms with Gasteiger partial charge in [0, 0.05) is 24.3 Å². The average Bonchev–Trinajstić information content (AvgIpc) is 2.56. The highest BCUT2D eigenvalue weighted by molar-refractivity contribution is 5.24. The molecule has 0 aromatic carbocycles. The van der Waals surface area contributed by atoms with Crippen molar-refractivity contribution in [3.8, 4) is 0 Å². The van der Waals surface area contributed by atoms with Gasteiger partial charge in [-0.2, -0.15) is 5.10 Å². The van der Waals surface area contributed by atoms with Crippen molar-refractivity contribution in [3.63, 3.8) is 0 Å².